The van der Waals surface area contributed by atoms with Crippen molar-refractivity contribution >= 4 is 17.2 Å². The first-order valence-electron chi connectivity index (χ1n) is 5.94. The first kappa shape index (κ1) is 14.1. The van der Waals surface area contributed by atoms with Gasteiger partial charge >= 0.3 is 0 Å². The molecule has 0 radical (unpaired) electrons. The molecule has 94 valence electrons. The van der Waals surface area contributed by atoms with Gasteiger partial charge in [-0.1, -0.05) is 18.3 Å². The predicted molar refractivity (Wildman–Crippen MR) is 75.9 cm³/mol. The number of rotatable bonds is 6. The highest BCUT2D eigenvalue weighted by Crippen LogP contribution is 2.07. The molecule has 0 fully saturated rings. The molecule has 0 saturated carbocycles. The lowest BCUT2D eigenvalue weighted by molar-refractivity contribution is 0.216. The van der Waals surface area contributed by atoms with Crippen LogP contribution in [0.3, 0.4) is 0 Å². The molecule has 17 heavy (non-hydrogen) atoms. The molecule has 1 aromatic rings. The molecule has 0 amide bonds. The van der Waals surface area contributed by atoms with Crippen molar-refractivity contribution in [3.8, 4) is 0 Å². The number of nitrogens with two attached hydrogens (primary N) is 1. The fourth-order valence-corrected chi connectivity index (χ4v) is 1.76. The zero-order chi connectivity index (χ0) is 12.8. The van der Waals surface area contributed by atoms with E-state index in [1.807, 2.05) is 19.1 Å². The van der Waals surface area contributed by atoms with Crippen LogP contribution in [-0.4, -0.2) is 27.5 Å². The van der Waals surface area contributed by atoms with Crippen LogP contribution < -0.4 is 5.73 Å². The van der Waals surface area contributed by atoms with Gasteiger partial charge in [-0.15, -0.1) is 0 Å². The molecule has 1 heterocycles. The van der Waals surface area contributed by atoms with Gasteiger partial charge in [0, 0.05) is 31.2 Å². The van der Waals surface area contributed by atoms with E-state index >= 15 is 0 Å². The lowest BCUT2D eigenvalue weighted by Crippen LogP contribution is -2.33. The molecule has 4 heteroatoms. The Balaban J connectivity index is 2.63. The summed E-state index contributed by atoms with van der Waals surface area (Å²) in [5, 5.41) is 0. The molecule has 0 aromatic carbocycles. The first-order valence-corrected chi connectivity index (χ1v) is 6.34. The normalized spacial score (nSPS) is 11.1. The highest BCUT2D eigenvalue weighted by molar-refractivity contribution is 7.80. The van der Waals surface area contributed by atoms with Gasteiger partial charge in [0.2, 0.25) is 0 Å². The third-order valence-corrected chi connectivity index (χ3v) is 2.89. The maximum Gasteiger partial charge on any atom is 0.0740 e. The Hall–Kier alpha value is -1.00. The molecule has 1 aromatic heterocycles. The summed E-state index contributed by atoms with van der Waals surface area (Å²) in [5.41, 5.74) is 7.70. The van der Waals surface area contributed by atoms with Gasteiger partial charge in [-0.3, -0.25) is 9.88 Å². The summed E-state index contributed by atoms with van der Waals surface area (Å²) in [6.45, 7) is 8.10. The van der Waals surface area contributed by atoms with E-state index in [0.717, 1.165) is 30.9 Å². The molecule has 0 aliphatic heterocycles. The van der Waals surface area contributed by atoms with E-state index in [4.69, 9.17) is 18.0 Å². The average Bonchev–Trinajstić information content (AvgIpc) is 2.23. The fraction of sp³-hybridized carbons (Fsp3) is 0.538. The number of nitrogens with zero attached hydrogens (tertiary/aromatic N) is 2. The average molecular weight is 251 g/mol. The first-order chi connectivity index (χ1) is 7.99. The van der Waals surface area contributed by atoms with Crippen LogP contribution in [0.25, 0.3) is 0 Å². The van der Waals surface area contributed by atoms with E-state index in [0.29, 0.717) is 11.0 Å². The Bertz CT molecular complexity index is 377. The smallest absolute Gasteiger partial charge is 0.0740 e. The SMILES string of the molecule is Cc1cccc(CN(CCC(N)=S)C(C)C)n1. The molecule has 0 aliphatic rings. The lowest BCUT2D eigenvalue weighted by Gasteiger charge is -2.25. The van der Waals surface area contributed by atoms with Gasteiger partial charge in [-0.2, -0.15) is 0 Å². The van der Waals surface area contributed by atoms with Crippen molar-refractivity contribution in [3.05, 3.63) is 29.6 Å². The van der Waals surface area contributed by atoms with Gasteiger partial charge in [0.1, 0.15) is 0 Å². The Kier molecular flexibility index (Phi) is 5.51. The van der Waals surface area contributed by atoms with Gasteiger partial charge in [0.05, 0.1) is 10.7 Å². The Morgan fingerprint density at radius 1 is 1.47 bits per heavy atom. The second kappa shape index (κ2) is 6.67. The van der Waals surface area contributed by atoms with Gasteiger partial charge in [0.25, 0.3) is 0 Å². The van der Waals surface area contributed by atoms with Gasteiger partial charge in [0.15, 0.2) is 0 Å². The van der Waals surface area contributed by atoms with Crippen molar-refractivity contribution in [1.29, 1.82) is 0 Å². The molecule has 0 unspecified atom stereocenters. The van der Waals surface area contributed by atoms with E-state index in [1.54, 1.807) is 0 Å². The predicted octanol–water partition coefficient (Wildman–Crippen LogP) is 2.28. The number of aryl methyl sites for hydroxylation is 1. The van der Waals surface area contributed by atoms with E-state index in [-0.39, 0.29) is 0 Å². The minimum Gasteiger partial charge on any atom is -0.393 e. The Morgan fingerprint density at radius 3 is 2.71 bits per heavy atom. The summed E-state index contributed by atoms with van der Waals surface area (Å²) in [6, 6.07) is 6.58. The van der Waals surface area contributed by atoms with Gasteiger partial charge < -0.3 is 5.73 Å². The molecule has 0 saturated heterocycles. The van der Waals surface area contributed by atoms with Gasteiger partial charge in [-0.25, -0.2) is 0 Å². The van der Waals surface area contributed by atoms with Crippen LogP contribution in [0.15, 0.2) is 18.2 Å². The maximum absolute atomic E-state index is 5.55. The quantitative estimate of drug-likeness (QED) is 0.788. The van der Waals surface area contributed by atoms with Crippen LogP contribution in [0.1, 0.15) is 31.7 Å². The summed E-state index contributed by atoms with van der Waals surface area (Å²) >= 11 is 4.92. The number of aromatic nitrogens is 1. The zero-order valence-corrected chi connectivity index (χ0v) is 11.6. The second-order valence-corrected chi connectivity index (χ2v) is 5.08. The number of hydrogen-bond acceptors (Lipinski definition) is 3. The number of hydrogen-bond donors (Lipinski definition) is 1. The molecular weight excluding hydrogens is 230 g/mol. The Morgan fingerprint density at radius 2 is 2.18 bits per heavy atom. The van der Waals surface area contributed by atoms with Crippen molar-refractivity contribution in [2.24, 2.45) is 5.73 Å². The lowest BCUT2D eigenvalue weighted by atomic mass is 10.2. The van der Waals surface area contributed by atoms with Crippen molar-refractivity contribution in [2.45, 2.75) is 39.8 Å². The summed E-state index contributed by atoms with van der Waals surface area (Å²) in [5.74, 6) is 0. The largest absolute Gasteiger partial charge is 0.393 e. The second-order valence-electron chi connectivity index (χ2n) is 4.55. The van der Waals surface area contributed by atoms with Crippen LogP contribution in [0.2, 0.25) is 0 Å². The summed E-state index contributed by atoms with van der Waals surface area (Å²) in [7, 11) is 0. The summed E-state index contributed by atoms with van der Waals surface area (Å²) in [6.07, 6.45) is 0.763. The van der Waals surface area contributed by atoms with Crippen LogP contribution in [-0.2, 0) is 6.54 Å². The highest BCUT2D eigenvalue weighted by atomic mass is 32.1. The molecule has 0 atom stereocenters. The number of thiocarbonyl (C=S) groups is 1. The zero-order valence-electron chi connectivity index (χ0n) is 10.8. The van der Waals surface area contributed by atoms with E-state index in [9.17, 15) is 0 Å². The third-order valence-electron chi connectivity index (χ3n) is 2.69. The van der Waals surface area contributed by atoms with Crippen molar-refractivity contribution in [1.82, 2.24) is 9.88 Å². The van der Waals surface area contributed by atoms with Crippen LogP contribution in [0, 0.1) is 6.92 Å². The molecule has 2 N–H and O–H groups in total. The Labute approximate surface area is 109 Å². The molecular formula is C13H21N3S. The maximum atomic E-state index is 5.55. The van der Waals surface area contributed by atoms with Crippen LogP contribution >= 0.6 is 12.2 Å². The molecule has 0 spiro atoms. The molecule has 3 nitrogen and oxygen atoms in total. The highest BCUT2D eigenvalue weighted by Gasteiger charge is 2.11. The van der Waals surface area contributed by atoms with Crippen molar-refractivity contribution in [3.63, 3.8) is 0 Å². The number of pyridine rings is 1. The molecule has 1 rings (SSSR count). The van der Waals surface area contributed by atoms with E-state index in [1.165, 1.54) is 0 Å². The molecule has 0 bridgehead atoms. The van der Waals surface area contributed by atoms with Gasteiger partial charge in [-0.05, 0) is 32.9 Å². The third kappa shape index (κ3) is 5.24. The summed E-state index contributed by atoms with van der Waals surface area (Å²) < 4.78 is 0. The van der Waals surface area contributed by atoms with E-state index in [2.05, 4.69) is 29.8 Å². The fourth-order valence-electron chi connectivity index (χ4n) is 1.67. The monoisotopic (exact) mass is 251 g/mol. The standard InChI is InChI=1S/C13H21N3S/c1-10(2)16(8-7-13(14)17)9-12-6-4-5-11(3)15-12/h4-6,10H,7-9H2,1-3H3,(H2,14,17). The topological polar surface area (TPSA) is 42.1 Å². The van der Waals surface area contributed by atoms with E-state index < -0.39 is 0 Å². The minimum atomic E-state index is 0.465. The van der Waals surface area contributed by atoms with Crippen LogP contribution in [0.5, 0.6) is 0 Å². The van der Waals surface area contributed by atoms with Crippen LogP contribution in [0.4, 0.5) is 0 Å². The molecule has 0 aliphatic carbocycles. The minimum absolute atomic E-state index is 0.465. The van der Waals surface area contributed by atoms with Crippen molar-refractivity contribution in [2.75, 3.05) is 6.54 Å². The van der Waals surface area contributed by atoms with Crippen molar-refractivity contribution < 1.29 is 0 Å². The summed E-state index contributed by atoms with van der Waals surface area (Å²) in [4.78, 5) is 7.43.